The summed E-state index contributed by atoms with van der Waals surface area (Å²) in [5.41, 5.74) is 0. The molecule has 0 N–H and O–H groups in total. The van der Waals surface area contributed by atoms with E-state index in [9.17, 15) is 4.79 Å². The Morgan fingerprint density at radius 3 is 2.25 bits per heavy atom. The van der Waals surface area contributed by atoms with E-state index in [2.05, 4.69) is 11.7 Å². The SMILES string of the molecule is CCCCCCCCC(=O)O[13CH3]. The van der Waals surface area contributed by atoms with Crippen LogP contribution in [0.5, 0.6) is 0 Å². The second-order valence-corrected chi connectivity index (χ2v) is 3.09. The van der Waals surface area contributed by atoms with Gasteiger partial charge in [-0.15, -0.1) is 0 Å². The van der Waals surface area contributed by atoms with Crippen LogP contribution in [-0.4, -0.2) is 13.1 Å². The van der Waals surface area contributed by atoms with Gasteiger partial charge in [-0.25, -0.2) is 0 Å². The van der Waals surface area contributed by atoms with Crippen LogP contribution in [0.4, 0.5) is 0 Å². The predicted octanol–water partition coefficient (Wildman–Crippen LogP) is 2.91. The maximum Gasteiger partial charge on any atom is 0.305 e. The van der Waals surface area contributed by atoms with Crippen LogP contribution in [0.3, 0.4) is 0 Å². The second kappa shape index (κ2) is 8.57. The van der Waals surface area contributed by atoms with Crippen molar-refractivity contribution in [1.29, 1.82) is 0 Å². The van der Waals surface area contributed by atoms with Crippen molar-refractivity contribution >= 4 is 5.97 Å². The fraction of sp³-hybridized carbons (Fsp3) is 0.900. The highest BCUT2D eigenvalue weighted by molar-refractivity contribution is 5.68. The Kier molecular flexibility index (Phi) is 8.19. The largest absolute Gasteiger partial charge is 0.469 e. The maximum atomic E-state index is 10.7. The van der Waals surface area contributed by atoms with E-state index in [0.717, 1.165) is 12.8 Å². The number of ether oxygens (including phenoxy) is 1. The molecule has 2 nitrogen and oxygen atoms in total. The molecular formula is C10H20O2. The molecule has 0 bridgehead atoms. The number of carbonyl (C=O) groups is 1. The van der Waals surface area contributed by atoms with Crippen LogP contribution < -0.4 is 0 Å². The standard InChI is InChI=1S/C10H20O2/c1-3-4-5-6-7-8-9-10(11)12-2/h3-9H2,1-2H3/i2+1. The third-order valence-electron chi connectivity index (χ3n) is 1.96. The highest BCUT2D eigenvalue weighted by Gasteiger charge is 1.98. The topological polar surface area (TPSA) is 26.3 Å². The third-order valence-corrected chi connectivity index (χ3v) is 1.96. The first-order valence-corrected chi connectivity index (χ1v) is 4.88. The fourth-order valence-corrected chi connectivity index (χ4v) is 1.15. The molecule has 2 heteroatoms. The number of rotatable bonds is 7. The molecule has 12 heavy (non-hydrogen) atoms. The minimum atomic E-state index is -0.0782. The van der Waals surface area contributed by atoms with Gasteiger partial charge >= 0.3 is 5.97 Å². The number of carbonyl (C=O) groups excluding carboxylic acids is 1. The molecule has 0 aromatic carbocycles. The zero-order valence-electron chi connectivity index (χ0n) is 8.27. The number of methoxy groups -OCH3 is 1. The molecule has 0 saturated heterocycles. The molecule has 0 aliphatic carbocycles. The normalized spacial score (nSPS) is 9.83. The average molecular weight is 173 g/mol. The van der Waals surface area contributed by atoms with Crippen LogP contribution in [-0.2, 0) is 9.53 Å². The van der Waals surface area contributed by atoms with E-state index in [4.69, 9.17) is 0 Å². The van der Waals surface area contributed by atoms with Crippen molar-refractivity contribution in [3.63, 3.8) is 0 Å². The summed E-state index contributed by atoms with van der Waals surface area (Å²) in [4.78, 5) is 10.7. The van der Waals surface area contributed by atoms with Crippen molar-refractivity contribution in [2.45, 2.75) is 51.9 Å². The lowest BCUT2D eigenvalue weighted by Gasteiger charge is -1.99. The van der Waals surface area contributed by atoms with Gasteiger partial charge in [0.1, 0.15) is 0 Å². The van der Waals surface area contributed by atoms with Crippen molar-refractivity contribution in [2.24, 2.45) is 0 Å². The summed E-state index contributed by atoms with van der Waals surface area (Å²) in [6.07, 6.45) is 7.88. The molecule has 72 valence electrons. The molecule has 0 saturated carbocycles. The predicted molar refractivity (Wildman–Crippen MR) is 50.0 cm³/mol. The first kappa shape index (κ1) is 11.5. The molecule has 0 fully saturated rings. The Morgan fingerprint density at radius 1 is 1.08 bits per heavy atom. The molecule has 0 aliphatic heterocycles. The number of hydrogen-bond acceptors (Lipinski definition) is 2. The van der Waals surface area contributed by atoms with Gasteiger partial charge in [0, 0.05) is 6.42 Å². The molecule has 0 aromatic heterocycles. The summed E-state index contributed by atoms with van der Waals surface area (Å²) in [5.74, 6) is -0.0782. The smallest absolute Gasteiger partial charge is 0.305 e. The van der Waals surface area contributed by atoms with Crippen molar-refractivity contribution in [3.8, 4) is 0 Å². The van der Waals surface area contributed by atoms with E-state index in [0.29, 0.717) is 6.42 Å². The maximum absolute atomic E-state index is 10.7. The summed E-state index contributed by atoms with van der Waals surface area (Å²) in [6.45, 7) is 2.20. The van der Waals surface area contributed by atoms with E-state index >= 15 is 0 Å². The summed E-state index contributed by atoms with van der Waals surface area (Å²) >= 11 is 0. The van der Waals surface area contributed by atoms with Crippen LogP contribution in [0.1, 0.15) is 51.9 Å². The summed E-state index contributed by atoms with van der Waals surface area (Å²) < 4.78 is 4.54. The number of hydrogen-bond donors (Lipinski definition) is 0. The van der Waals surface area contributed by atoms with Gasteiger partial charge in [0.15, 0.2) is 0 Å². The third kappa shape index (κ3) is 7.58. The molecule has 0 amide bonds. The molecule has 0 radical (unpaired) electrons. The van der Waals surface area contributed by atoms with Crippen LogP contribution in [0.2, 0.25) is 0 Å². The summed E-state index contributed by atoms with van der Waals surface area (Å²) in [6, 6.07) is 0. The molecule has 0 rings (SSSR count). The van der Waals surface area contributed by atoms with E-state index in [1.165, 1.54) is 32.8 Å². The highest BCUT2D eigenvalue weighted by Crippen LogP contribution is 2.06. The Labute approximate surface area is 75.3 Å². The van der Waals surface area contributed by atoms with Crippen LogP contribution in [0.25, 0.3) is 0 Å². The van der Waals surface area contributed by atoms with Crippen molar-refractivity contribution < 1.29 is 9.53 Å². The van der Waals surface area contributed by atoms with Crippen LogP contribution in [0.15, 0.2) is 0 Å². The van der Waals surface area contributed by atoms with Crippen molar-refractivity contribution in [1.82, 2.24) is 0 Å². The lowest BCUT2D eigenvalue weighted by Crippen LogP contribution is -1.98. The van der Waals surface area contributed by atoms with E-state index in [1.807, 2.05) is 0 Å². The first-order valence-electron chi connectivity index (χ1n) is 4.88. The fourth-order valence-electron chi connectivity index (χ4n) is 1.15. The Morgan fingerprint density at radius 2 is 1.67 bits per heavy atom. The highest BCUT2D eigenvalue weighted by atomic mass is 16.6. The lowest BCUT2D eigenvalue weighted by atomic mass is 10.1. The minimum absolute atomic E-state index is 0.0782. The molecule has 0 atom stereocenters. The van der Waals surface area contributed by atoms with Gasteiger partial charge < -0.3 is 4.74 Å². The Bertz CT molecular complexity index is 110. The van der Waals surface area contributed by atoms with Gasteiger partial charge in [-0.3, -0.25) is 4.79 Å². The van der Waals surface area contributed by atoms with Gasteiger partial charge in [-0.1, -0.05) is 39.0 Å². The van der Waals surface area contributed by atoms with E-state index in [1.54, 1.807) is 0 Å². The van der Waals surface area contributed by atoms with Gasteiger partial charge in [-0.05, 0) is 6.42 Å². The zero-order chi connectivity index (χ0) is 9.23. The molecule has 0 spiro atoms. The van der Waals surface area contributed by atoms with Gasteiger partial charge in [0.25, 0.3) is 0 Å². The second-order valence-electron chi connectivity index (χ2n) is 3.09. The quantitative estimate of drug-likeness (QED) is 0.336. The van der Waals surface area contributed by atoms with Gasteiger partial charge in [0.2, 0.25) is 0 Å². The molecule has 0 aliphatic rings. The average Bonchev–Trinajstić information content (AvgIpc) is 2.10. The van der Waals surface area contributed by atoms with Crippen LogP contribution in [0, 0.1) is 0 Å². The van der Waals surface area contributed by atoms with E-state index < -0.39 is 0 Å². The van der Waals surface area contributed by atoms with Gasteiger partial charge in [-0.2, -0.15) is 0 Å². The molecule has 0 heterocycles. The molecule has 0 aromatic rings. The van der Waals surface area contributed by atoms with E-state index in [-0.39, 0.29) is 5.97 Å². The van der Waals surface area contributed by atoms with Gasteiger partial charge in [0.05, 0.1) is 7.11 Å². The first-order chi connectivity index (χ1) is 5.81. The number of unbranched alkanes of at least 4 members (excludes halogenated alkanes) is 5. The Hall–Kier alpha value is -0.530. The summed E-state index contributed by atoms with van der Waals surface area (Å²) in [7, 11) is 1.44. The Balaban J connectivity index is 2.95. The monoisotopic (exact) mass is 173 g/mol. The van der Waals surface area contributed by atoms with Crippen molar-refractivity contribution in [2.75, 3.05) is 7.11 Å². The van der Waals surface area contributed by atoms with Crippen LogP contribution >= 0.6 is 0 Å². The molecule has 0 unspecified atom stereocenters. The minimum Gasteiger partial charge on any atom is -0.469 e. The number of esters is 1. The summed E-state index contributed by atoms with van der Waals surface area (Å²) in [5, 5.41) is 0. The molecular weight excluding hydrogens is 153 g/mol. The lowest BCUT2D eigenvalue weighted by molar-refractivity contribution is -0.140. The zero-order valence-corrected chi connectivity index (χ0v) is 8.27. The van der Waals surface area contributed by atoms with Crippen molar-refractivity contribution in [3.05, 3.63) is 0 Å².